The number of esters is 1. The van der Waals surface area contributed by atoms with Crippen molar-refractivity contribution in [2.75, 3.05) is 6.61 Å². The molecule has 0 aliphatic rings. The number of halogens is 2. The fourth-order valence-corrected chi connectivity index (χ4v) is 3.03. The molecule has 7 heteroatoms. The van der Waals surface area contributed by atoms with Gasteiger partial charge in [-0.15, -0.1) is 0 Å². The smallest absolute Gasteiger partial charge is 0.349 e. The van der Waals surface area contributed by atoms with Gasteiger partial charge < -0.3 is 13.9 Å². The molecule has 0 aliphatic carbocycles. The Morgan fingerprint density at radius 1 is 1.00 bits per heavy atom. The molecule has 140 valence electrons. The van der Waals surface area contributed by atoms with Gasteiger partial charge in [0.25, 0.3) is 0 Å². The first kappa shape index (κ1) is 18.3. The average molecular weight is 414 g/mol. The lowest BCUT2D eigenvalue weighted by atomic mass is 10.2. The maximum atomic E-state index is 12.1. The highest BCUT2D eigenvalue weighted by Gasteiger charge is 2.12. The number of nitrogens with zero attached hydrogens (tertiary/aromatic N) is 1. The SMILES string of the molecule is O=C(COc1ccc(Cl)cc1Cl)Oc1ccc2nc(-c3ccccc3)oc2c1. The molecular formula is C21H13Cl2NO4. The van der Waals surface area contributed by atoms with Crippen LogP contribution in [0.25, 0.3) is 22.6 Å². The monoisotopic (exact) mass is 413 g/mol. The zero-order valence-corrected chi connectivity index (χ0v) is 15.9. The third-order valence-corrected chi connectivity index (χ3v) is 4.38. The van der Waals surface area contributed by atoms with Crippen LogP contribution < -0.4 is 9.47 Å². The number of fused-ring (bicyclic) bond motifs is 1. The Labute approximate surface area is 170 Å². The van der Waals surface area contributed by atoms with E-state index >= 15 is 0 Å². The van der Waals surface area contributed by atoms with Crippen LogP contribution in [0.15, 0.2) is 71.1 Å². The van der Waals surface area contributed by atoms with Crippen LogP contribution in [0.4, 0.5) is 0 Å². The minimum absolute atomic E-state index is 0.301. The fraction of sp³-hybridized carbons (Fsp3) is 0.0476. The highest BCUT2D eigenvalue weighted by molar-refractivity contribution is 6.35. The lowest BCUT2D eigenvalue weighted by Crippen LogP contribution is -2.17. The van der Waals surface area contributed by atoms with Crippen molar-refractivity contribution in [3.63, 3.8) is 0 Å². The Balaban J connectivity index is 1.44. The molecule has 5 nitrogen and oxygen atoms in total. The van der Waals surface area contributed by atoms with Gasteiger partial charge in [0.05, 0.1) is 5.02 Å². The second kappa shape index (κ2) is 7.92. The van der Waals surface area contributed by atoms with Crippen molar-refractivity contribution in [1.29, 1.82) is 0 Å². The number of carbonyl (C=O) groups is 1. The number of carbonyl (C=O) groups excluding carboxylic acids is 1. The molecule has 0 unspecified atom stereocenters. The first-order valence-electron chi connectivity index (χ1n) is 8.33. The summed E-state index contributed by atoms with van der Waals surface area (Å²) in [5.74, 6) is 0.605. The van der Waals surface area contributed by atoms with E-state index in [4.69, 9.17) is 37.1 Å². The Morgan fingerprint density at radius 2 is 1.82 bits per heavy atom. The van der Waals surface area contributed by atoms with Crippen LogP contribution in [-0.2, 0) is 4.79 Å². The van der Waals surface area contributed by atoms with Gasteiger partial charge in [-0.05, 0) is 42.5 Å². The molecule has 0 aliphatic heterocycles. The summed E-state index contributed by atoms with van der Waals surface area (Å²) in [6.07, 6.45) is 0. The van der Waals surface area contributed by atoms with Crippen molar-refractivity contribution >= 4 is 40.3 Å². The van der Waals surface area contributed by atoms with Crippen LogP contribution in [0.1, 0.15) is 0 Å². The number of rotatable bonds is 5. The van der Waals surface area contributed by atoms with E-state index in [9.17, 15) is 4.79 Å². The summed E-state index contributed by atoms with van der Waals surface area (Å²) in [6.45, 7) is -0.301. The molecule has 0 fully saturated rings. The van der Waals surface area contributed by atoms with Gasteiger partial charge in [-0.1, -0.05) is 41.4 Å². The zero-order chi connectivity index (χ0) is 19.5. The number of aromatic nitrogens is 1. The topological polar surface area (TPSA) is 61.6 Å². The highest BCUT2D eigenvalue weighted by Crippen LogP contribution is 2.28. The van der Waals surface area contributed by atoms with E-state index in [0.29, 0.717) is 38.5 Å². The van der Waals surface area contributed by atoms with Crippen LogP contribution in [0.2, 0.25) is 10.0 Å². The second-order valence-corrected chi connectivity index (χ2v) is 6.70. The molecule has 0 atom stereocenters. The third-order valence-electron chi connectivity index (χ3n) is 3.85. The van der Waals surface area contributed by atoms with Crippen molar-refractivity contribution in [2.24, 2.45) is 0 Å². The average Bonchev–Trinajstić information content (AvgIpc) is 3.11. The van der Waals surface area contributed by atoms with Crippen LogP contribution in [-0.4, -0.2) is 17.6 Å². The molecule has 0 N–H and O–H groups in total. The van der Waals surface area contributed by atoms with Crippen LogP contribution in [0.3, 0.4) is 0 Å². The fourth-order valence-electron chi connectivity index (χ4n) is 2.56. The van der Waals surface area contributed by atoms with E-state index in [1.165, 1.54) is 6.07 Å². The van der Waals surface area contributed by atoms with Gasteiger partial charge in [-0.2, -0.15) is 0 Å². The molecule has 0 bridgehead atoms. The Kier molecular flexibility index (Phi) is 5.19. The van der Waals surface area contributed by atoms with E-state index in [-0.39, 0.29) is 6.61 Å². The van der Waals surface area contributed by atoms with E-state index in [1.54, 1.807) is 30.3 Å². The molecule has 0 amide bonds. The van der Waals surface area contributed by atoms with Crippen molar-refractivity contribution in [3.05, 3.63) is 76.8 Å². The second-order valence-electron chi connectivity index (χ2n) is 5.85. The largest absolute Gasteiger partial charge is 0.480 e. The normalized spacial score (nSPS) is 10.8. The van der Waals surface area contributed by atoms with Gasteiger partial charge in [-0.25, -0.2) is 9.78 Å². The minimum atomic E-state index is -0.576. The number of ether oxygens (including phenoxy) is 2. The molecule has 4 aromatic rings. The maximum Gasteiger partial charge on any atom is 0.349 e. The van der Waals surface area contributed by atoms with Crippen molar-refractivity contribution in [2.45, 2.75) is 0 Å². The van der Waals surface area contributed by atoms with E-state index < -0.39 is 5.97 Å². The summed E-state index contributed by atoms with van der Waals surface area (Å²) in [5.41, 5.74) is 2.05. The molecule has 0 saturated carbocycles. The van der Waals surface area contributed by atoms with Gasteiger partial charge in [0.15, 0.2) is 12.2 Å². The first-order chi connectivity index (χ1) is 13.6. The minimum Gasteiger partial charge on any atom is -0.480 e. The first-order valence-corrected chi connectivity index (χ1v) is 9.08. The number of benzene rings is 3. The van der Waals surface area contributed by atoms with Crippen molar-refractivity contribution < 1.29 is 18.7 Å². The van der Waals surface area contributed by atoms with Crippen molar-refractivity contribution in [1.82, 2.24) is 4.98 Å². The summed E-state index contributed by atoms with van der Waals surface area (Å²) in [5, 5.41) is 0.798. The quantitative estimate of drug-likeness (QED) is 0.306. The molecule has 0 saturated heterocycles. The summed E-state index contributed by atoms with van der Waals surface area (Å²) >= 11 is 11.8. The molecule has 1 heterocycles. The summed E-state index contributed by atoms with van der Waals surface area (Å²) < 4.78 is 16.4. The highest BCUT2D eigenvalue weighted by atomic mass is 35.5. The molecule has 3 aromatic carbocycles. The number of hydrogen-bond donors (Lipinski definition) is 0. The Morgan fingerprint density at radius 3 is 2.61 bits per heavy atom. The number of hydrogen-bond acceptors (Lipinski definition) is 5. The molecular weight excluding hydrogens is 401 g/mol. The Bertz CT molecular complexity index is 1140. The van der Waals surface area contributed by atoms with Crippen LogP contribution >= 0.6 is 23.2 Å². The van der Waals surface area contributed by atoms with E-state index in [2.05, 4.69) is 4.98 Å². The summed E-state index contributed by atoms with van der Waals surface area (Å²) in [4.78, 5) is 16.5. The molecule has 4 rings (SSSR count). The van der Waals surface area contributed by atoms with E-state index in [0.717, 1.165) is 5.56 Å². The zero-order valence-electron chi connectivity index (χ0n) is 14.4. The van der Waals surface area contributed by atoms with Crippen molar-refractivity contribution in [3.8, 4) is 23.0 Å². The predicted octanol–water partition coefficient (Wildman–Crippen LogP) is 5.79. The standard InChI is InChI=1S/C21H13Cl2NO4/c22-14-6-9-18(16(23)10-14)26-12-20(25)27-15-7-8-17-19(11-15)28-21(24-17)13-4-2-1-3-5-13/h1-11H,12H2. The third kappa shape index (κ3) is 4.11. The van der Waals surface area contributed by atoms with Gasteiger partial charge >= 0.3 is 5.97 Å². The van der Waals surface area contributed by atoms with E-state index in [1.807, 2.05) is 30.3 Å². The van der Waals surface area contributed by atoms with Gasteiger partial charge in [0.2, 0.25) is 5.89 Å². The van der Waals surface area contributed by atoms with Crippen LogP contribution in [0, 0.1) is 0 Å². The molecule has 28 heavy (non-hydrogen) atoms. The van der Waals surface area contributed by atoms with Gasteiger partial charge in [0.1, 0.15) is 17.0 Å². The lowest BCUT2D eigenvalue weighted by Gasteiger charge is -2.08. The van der Waals surface area contributed by atoms with Gasteiger partial charge in [-0.3, -0.25) is 0 Å². The number of oxazole rings is 1. The predicted molar refractivity (Wildman–Crippen MR) is 107 cm³/mol. The Hall–Kier alpha value is -3.02. The summed E-state index contributed by atoms with van der Waals surface area (Å²) in [7, 11) is 0. The maximum absolute atomic E-state index is 12.1. The van der Waals surface area contributed by atoms with Crippen LogP contribution in [0.5, 0.6) is 11.5 Å². The summed E-state index contributed by atoms with van der Waals surface area (Å²) in [6, 6.07) is 19.3. The lowest BCUT2D eigenvalue weighted by molar-refractivity contribution is -0.136. The van der Waals surface area contributed by atoms with Gasteiger partial charge in [0, 0.05) is 16.7 Å². The molecule has 1 aromatic heterocycles. The molecule has 0 spiro atoms. The molecule has 0 radical (unpaired) electrons.